The fourth-order valence-electron chi connectivity index (χ4n) is 12.3. The molecular formula is C90H132N12O40S4. The van der Waals surface area contributed by atoms with Crippen molar-refractivity contribution in [2.75, 3.05) is 35.0 Å². The van der Waals surface area contributed by atoms with Gasteiger partial charge in [-0.25, -0.2) is 14.4 Å². The maximum Gasteiger partial charge on any atom is 0.327 e. The number of carboxylic acid groups (broad SMARTS) is 12. The van der Waals surface area contributed by atoms with Crippen LogP contribution in [0.15, 0.2) is 65.6 Å². The molecule has 0 spiro atoms. The number of benzene rings is 2. The van der Waals surface area contributed by atoms with E-state index < -0.39 is 310 Å². The predicted molar refractivity (Wildman–Crippen MR) is 522 cm³/mol. The summed E-state index contributed by atoms with van der Waals surface area (Å²) >= 11 is 6.62. The molecule has 2 aromatic rings. The average molecular weight is 2150 g/mol. The summed E-state index contributed by atoms with van der Waals surface area (Å²) in [6.07, 6.45) is 5.73. The Kier molecular flexibility index (Phi) is 73.8. The smallest absolute Gasteiger partial charge is 0.327 e. The summed E-state index contributed by atoms with van der Waals surface area (Å²) < 4.78 is 0. The second kappa shape index (κ2) is 77.8. The van der Waals surface area contributed by atoms with Gasteiger partial charge in [-0.05, 0) is 92.4 Å². The van der Waals surface area contributed by atoms with Crippen molar-refractivity contribution >= 4 is 215 Å². The van der Waals surface area contributed by atoms with Gasteiger partial charge in [0.25, 0.3) is 17.7 Å². The molecule has 0 bridgehead atoms. The van der Waals surface area contributed by atoms with Gasteiger partial charge in [0, 0.05) is 67.4 Å². The molecule has 0 aliphatic heterocycles. The first-order valence-corrected chi connectivity index (χ1v) is 49.2. The van der Waals surface area contributed by atoms with Crippen molar-refractivity contribution < 1.29 is 196 Å². The van der Waals surface area contributed by atoms with E-state index in [1.54, 1.807) is 23.5 Å². The minimum absolute atomic E-state index is 0.189. The number of imide groups is 3. The quantitative estimate of drug-likeness (QED) is 0.0237. The molecule has 1 fully saturated rings. The number of thioether (sulfide) groups is 4. The SMILES string of the molecule is CC(=O)N(C(=O)C(NC(=O)C(CCC(=O)O)NC(=O)C(N)CC(=O)O)C(C)C)C(CC(=O)O)C(=O)O.CC(=O)N(C(=O)C(NC(=O)C(CCC(=O)O)NC(=O)C(N)CC(=O)O)C(C)C)C(CC(=O)O)C(=O)O.CC(=O)N(C(=O)C(NC(=O)C(CCC(=O)O)NC(=O)C(N)CC(=O)O)C(C)C)C(CC(=O)O)C(=O)O.CSCC=O.O=CCSC1CCCCC1.O=CCSCCCc1ccccc1.O=CCSc1ccccc1. The first-order chi connectivity index (χ1) is 68.2. The molecule has 12 amide bonds. The van der Waals surface area contributed by atoms with E-state index in [9.17, 15) is 150 Å². The summed E-state index contributed by atoms with van der Waals surface area (Å²) in [7, 11) is 0. The van der Waals surface area contributed by atoms with Gasteiger partial charge in [-0.2, -0.15) is 35.3 Å². The summed E-state index contributed by atoms with van der Waals surface area (Å²) in [5.74, 6) is -30.8. The number of nitrogens with two attached hydrogens (primary N) is 3. The third-order valence-electron chi connectivity index (χ3n) is 19.4. The van der Waals surface area contributed by atoms with Crippen molar-refractivity contribution in [3.63, 3.8) is 0 Å². The Balaban J connectivity index is -0.000000872. The Morgan fingerprint density at radius 1 is 0.363 bits per heavy atom. The van der Waals surface area contributed by atoms with Crippen molar-refractivity contribution in [2.24, 2.45) is 35.0 Å². The van der Waals surface area contributed by atoms with E-state index >= 15 is 0 Å². The molecule has 24 N–H and O–H groups in total. The lowest BCUT2D eigenvalue weighted by molar-refractivity contribution is -0.161. The molecule has 816 valence electrons. The predicted octanol–water partition coefficient (Wildman–Crippen LogP) is 0.0738. The van der Waals surface area contributed by atoms with E-state index in [1.165, 1.54) is 91.0 Å². The summed E-state index contributed by atoms with van der Waals surface area (Å²) in [6.45, 7) is 11.0. The number of amides is 12. The zero-order valence-electron chi connectivity index (χ0n) is 81.8. The van der Waals surface area contributed by atoms with Crippen LogP contribution in [-0.2, 0) is 141 Å². The van der Waals surface area contributed by atoms with Crippen LogP contribution < -0.4 is 49.1 Å². The van der Waals surface area contributed by atoms with Gasteiger partial charge in [0.15, 0.2) is 0 Å². The molecule has 146 heavy (non-hydrogen) atoms. The summed E-state index contributed by atoms with van der Waals surface area (Å²) in [5, 5.41) is 122. The van der Waals surface area contributed by atoms with Gasteiger partial charge in [0.1, 0.15) is 79.5 Å². The number of carboxylic acids is 12. The fraction of sp³-hybridized carbons (Fsp3) is 0.556. The molecule has 1 saturated carbocycles. The van der Waals surface area contributed by atoms with Gasteiger partial charge < -0.3 is 130 Å². The molecule has 12 atom stereocenters. The van der Waals surface area contributed by atoms with E-state index in [-0.39, 0.29) is 14.7 Å². The molecular weight excluding hydrogens is 2020 g/mol. The number of hydrogen-bond acceptors (Lipinski definition) is 35. The third-order valence-corrected chi connectivity index (χ3v) is 23.0. The van der Waals surface area contributed by atoms with Crippen LogP contribution in [0.1, 0.15) is 183 Å². The Hall–Kier alpha value is -13.7. The van der Waals surface area contributed by atoms with Gasteiger partial charge in [-0.3, -0.25) is 115 Å². The number of carbonyl (C=O) groups excluding carboxylic acids is 16. The molecule has 2 aromatic carbocycles. The highest BCUT2D eigenvalue weighted by molar-refractivity contribution is 8.00. The van der Waals surface area contributed by atoms with Crippen molar-refractivity contribution in [2.45, 2.75) is 267 Å². The van der Waals surface area contributed by atoms with Crippen LogP contribution in [0.2, 0.25) is 0 Å². The number of carbonyl (C=O) groups is 28. The van der Waals surface area contributed by atoms with Gasteiger partial charge >= 0.3 is 71.6 Å². The van der Waals surface area contributed by atoms with E-state index in [0.29, 0.717) is 23.0 Å². The molecule has 52 nitrogen and oxygen atoms in total. The van der Waals surface area contributed by atoms with Crippen LogP contribution in [0, 0.1) is 17.8 Å². The fourth-order valence-corrected chi connectivity index (χ4v) is 14.6. The Bertz CT molecular complexity index is 4320. The molecule has 1 aliphatic carbocycles. The zero-order valence-corrected chi connectivity index (χ0v) is 85.1. The van der Waals surface area contributed by atoms with Gasteiger partial charge in [-0.15, -0.1) is 11.8 Å². The molecule has 12 unspecified atom stereocenters. The highest BCUT2D eigenvalue weighted by Crippen LogP contribution is 2.28. The molecule has 0 saturated heterocycles. The number of nitrogens with zero attached hydrogens (tertiary/aromatic N) is 3. The largest absolute Gasteiger partial charge is 0.481 e. The average Bonchev–Trinajstić information content (AvgIpc) is 0.823. The summed E-state index contributed by atoms with van der Waals surface area (Å²) in [5.41, 5.74) is 17.7. The summed E-state index contributed by atoms with van der Waals surface area (Å²) in [6, 6.07) is -0.201. The highest BCUT2D eigenvalue weighted by Gasteiger charge is 2.45. The van der Waals surface area contributed by atoms with Crippen LogP contribution >= 0.6 is 47.0 Å². The van der Waals surface area contributed by atoms with Crippen LogP contribution in [0.5, 0.6) is 0 Å². The lowest BCUT2D eigenvalue weighted by Crippen LogP contribution is -2.60. The number of nitrogens with one attached hydrogen (secondary N) is 6. The second-order valence-corrected chi connectivity index (χ2v) is 36.8. The molecule has 0 radical (unpaired) electrons. The van der Waals surface area contributed by atoms with Crippen LogP contribution in [-0.4, -0.2) is 356 Å². The van der Waals surface area contributed by atoms with E-state index in [2.05, 4.69) is 56.2 Å². The Morgan fingerprint density at radius 3 is 0.877 bits per heavy atom. The minimum Gasteiger partial charge on any atom is -0.481 e. The van der Waals surface area contributed by atoms with Gasteiger partial charge in [0.05, 0.1) is 62.4 Å². The molecule has 0 aromatic heterocycles. The zero-order chi connectivity index (χ0) is 113. The Labute approximate surface area is 855 Å². The lowest BCUT2D eigenvalue weighted by atomic mass is 9.99. The van der Waals surface area contributed by atoms with Crippen LogP contribution in [0.3, 0.4) is 0 Å². The molecule has 3 rings (SSSR count). The first-order valence-electron chi connectivity index (χ1n) is 44.6. The molecule has 0 heterocycles. The number of rotatable bonds is 59. The number of aryl methyl sites for hydroxylation is 1. The van der Waals surface area contributed by atoms with Crippen molar-refractivity contribution in [3.05, 3.63) is 66.2 Å². The van der Waals surface area contributed by atoms with E-state index in [1.807, 2.05) is 54.4 Å². The molecule has 1 aliphatic rings. The Morgan fingerprint density at radius 2 is 0.644 bits per heavy atom. The molecule has 56 heteroatoms. The topological polar surface area (TPSA) is 881 Å². The number of aliphatic carboxylic acids is 12. The standard InChI is InChI=1S/3C20H30N4O12.C11H14OS.C8H14OS.C8H8OS.C3H6OS/c3*1-8(2)16(19(34)24(9(3)25)12(20(35)36)7-15(30)31)23-18(33)11(4-5-13(26)27)22-17(32)10(21)6-14(28)29;12-8-10-13-9-4-7-11-5-2-1-3-6-11;2*9-6-7-10-8-4-2-1-3-5-8;1-5-3-2-4/h3*8,10-12,16H,4-7,21H2,1-3H3,(H,22,32)(H,23,33)(H,26,27)(H,28,29)(H,30,31)(H,35,36);1-3,5-6,8H,4,7,9-10H2;6,8H,1-5,7H2;1-6H,7H2;2H,3H2,1H3. The maximum absolute atomic E-state index is 13.1. The van der Waals surface area contributed by atoms with Crippen molar-refractivity contribution in [1.29, 1.82) is 0 Å². The van der Waals surface area contributed by atoms with Gasteiger partial charge in [-0.1, -0.05) is 109 Å². The van der Waals surface area contributed by atoms with Crippen LogP contribution in [0.4, 0.5) is 0 Å². The first kappa shape index (κ1) is 139. The third kappa shape index (κ3) is 62.7. The normalized spacial score (nSPS) is 13.6. The minimum atomic E-state index is -2.08. The maximum atomic E-state index is 13.1. The lowest BCUT2D eigenvalue weighted by Gasteiger charge is -2.32. The van der Waals surface area contributed by atoms with Gasteiger partial charge in [0.2, 0.25) is 53.2 Å². The van der Waals surface area contributed by atoms with Crippen molar-refractivity contribution in [3.8, 4) is 0 Å². The second-order valence-electron chi connectivity index (χ2n) is 32.3. The van der Waals surface area contributed by atoms with Crippen molar-refractivity contribution in [1.82, 2.24) is 46.6 Å². The summed E-state index contributed by atoms with van der Waals surface area (Å²) in [4.78, 5) is 325. The van der Waals surface area contributed by atoms with E-state index in [4.69, 9.17) is 63.2 Å². The number of hydrogen-bond donors (Lipinski definition) is 21. The van der Waals surface area contributed by atoms with Crippen LogP contribution in [0.25, 0.3) is 0 Å². The highest BCUT2D eigenvalue weighted by atomic mass is 32.2. The number of aldehydes is 4. The monoisotopic (exact) mass is 2150 g/mol. The van der Waals surface area contributed by atoms with E-state index in [0.717, 1.165) is 74.7 Å².